The Balaban J connectivity index is 1.70. The van der Waals surface area contributed by atoms with Gasteiger partial charge in [-0.1, -0.05) is 0 Å². The molecular weight excluding hydrogens is 534 g/mol. The molecule has 0 spiro atoms. The SMILES string of the molecule is CC(C)(C)OC(=O)NC(CC(=O)O)Cn1nnc(-c2ccc(Oc3ncc(C(=O)NCC#N)cc3F)cc2F)n1. The van der Waals surface area contributed by atoms with Gasteiger partial charge >= 0.3 is 12.1 Å². The fourth-order valence-electron chi connectivity index (χ4n) is 3.17. The Bertz CT molecular complexity index is 1450. The molecule has 210 valence electrons. The van der Waals surface area contributed by atoms with E-state index in [2.05, 4.69) is 31.0 Å². The van der Waals surface area contributed by atoms with E-state index in [0.717, 1.165) is 23.1 Å². The molecule has 0 aliphatic carbocycles. The van der Waals surface area contributed by atoms with E-state index in [1.54, 1.807) is 26.8 Å². The van der Waals surface area contributed by atoms with Crippen molar-refractivity contribution in [1.82, 2.24) is 35.8 Å². The number of carboxylic acids is 1. The Labute approximate surface area is 225 Å². The smallest absolute Gasteiger partial charge is 0.407 e. The molecule has 2 heterocycles. The van der Waals surface area contributed by atoms with E-state index in [9.17, 15) is 23.2 Å². The quantitative estimate of drug-likeness (QED) is 0.309. The first-order valence-electron chi connectivity index (χ1n) is 11.6. The van der Waals surface area contributed by atoms with Crippen LogP contribution in [0.25, 0.3) is 11.4 Å². The molecule has 0 saturated carbocycles. The number of aromatic nitrogens is 5. The van der Waals surface area contributed by atoms with Crippen molar-refractivity contribution in [2.45, 2.75) is 45.4 Å². The molecule has 14 nitrogen and oxygen atoms in total. The third kappa shape index (κ3) is 8.41. The van der Waals surface area contributed by atoms with Crippen molar-refractivity contribution in [3.63, 3.8) is 0 Å². The van der Waals surface area contributed by atoms with Crippen molar-refractivity contribution in [2.24, 2.45) is 0 Å². The standard InChI is InChI=1S/C24H24F2N8O6/c1-24(2,3)40-23(38)30-14(9-19(35)36)12-34-32-20(31-33-34)16-5-4-15(10-17(16)25)39-22-18(26)8-13(11-29-22)21(37)28-7-6-27/h4-5,8,10-11,14H,7,9,12H2,1-3H3,(H,28,37)(H,30,38)(H,35,36). The number of ether oxygens (including phenoxy) is 2. The van der Waals surface area contributed by atoms with Crippen molar-refractivity contribution in [1.29, 1.82) is 5.26 Å². The largest absolute Gasteiger partial charge is 0.481 e. The van der Waals surface area contributed by atoms with Gasteiger partial charge in [-0.25, -0.2) is 18.6 Å². The fraction of sp³-hybridized carbons (Fsp3) is 0.333. The summed E-state index contributed by atoms with van der Waals surface area (Å²) in [5.74, 6) is -4.52. The number of hydrogen-bond acceptors (Lipinski definition) is 10. The van der Waals surface area contributed by atoms with Gasteiger partial charge in [-0.2, -0.15) is 10.1 Å². The number of pyridine rings is 1. The van der Waals surface area contributed by atoms with Crippen LogP contribution in [0.2, 0.25) is 0 Å². The van der Waals surface area contributed by atoms with Crippen molar-refractivity contribution < 1.29 is 37.7 Å². The minimum Gasteiger partial charge on any atom is -0.481 e. The van der Waals surface area contributed by atoms with Gasteiger partial charge in [0.25, 0.3) is 11.8 Å². The molecule has 1 aromatic carbocycles. The summed E-state index contributed by atoms with van der Waals surface area (Å²) in [6.07, 6.45) is -0.261. The number of rotatable bonds is 10. The first-order valence-corrected chi connectivity index (χ1v) is 11.6. The van der Waals surface area contributed by atoms with Crippen molar-refractivity contribution >= 4 is 18.0 Å². The zero-order valence-electron chi connectivity index (χ0n) is 21.5. The zero-order chi connectivity index (χ0) is 29.4. The molecule has 0 saturated heterocycles. The fourth-order valence-corrected chi connectivity index (χ4v) is 3.17. The lowest BCUT2D eigenvalue weighted by atomic mass is 10.2. The van der Waals surface area contributed by atoms with Gasteiger partial charge in [0.05, 0.1) is 36.2 Å². The highest BCUT2D eigenvalue weighted by molar-refractivity contribution is 5.94. The molecule has 1 unspecified atom stereocenters. The number of nitrogens with zero attached hydrogens (tertiary/aromatic N) is 6. The number of nitriles is 1. The van der Waals surface area contributed by atoms with Crippen molar-refractivity contribution in [3.05, 3.63) is 47.7 Å². The number of halogens is 2. The number of amides is 2. The third-order valence-electron chi connectivity index (χ3n) is 4.77. The van der Waals surface area contributed by atoms with Crippen molar-refractivity contribution in [2.75, 3.05) is 6.54 Å². The Kier molecular flexibility index (Phi) is 9.22. The molecule has 0 aliphatic heterocycles. The maximum atomic E-state index is 14.9. The van der Waals surface area contributed by atoms with Crippen LogP contribution in [0.3, 0.4) is 0 Å². The maximum Gasteiger partial charge on any atom is 0.407 e. The van der Waals surface area contributed by atoms with Gasteiger partial charge in [0.2, 0.25) is 5.82 Å². The van der Waals surface area contributed by atoms with Crippen LogP contribution in [0.15, 0.2) is 30.5 Å². The maximum absolute atomic E-state index is 14.9. The predicted molar refractivity (Wildman–Crippen MR) is 131 cm³/mol. The summed E-state index contributed by atoms with van der Waals surface area (Å²) in [6.45, 7) is 4.49. The van der Waals surface area contributed by atoms with Crippen LogP contribution in [0.1, 0.15) is 37.6 Å². The van der Waals surface area contributed by atoms with Crippen LogP contribution in [0.4, 0.5) is 13.6 Å². The highest BCUT2D eigenvalue weighted by Crippen LogP contribution is 2.27. The summed E-state index contributed by atoms with van der Waals surface area (Å²) < 4.78 is 39.7. The molecule has 0 fully saturated rings. The molecule has 3 rings (SSSR count). The minimum atomic E-state index is -1.19. The van der Waals surface area contributed by atoms with E-state index in [-0.39, 0.29) is 35.8 Å². The molecule has 2 aromatic heterocycles. The van der Waals surface area contributed by atoms with Gasteiger partial charge < -0.3 is 25.2 Å². The molecular formula is C24H24F2N8O6. The molecule has 0 radical (unpaired) electrons. The Morgan fingerprint density at radius 3 is 2.58 bits per heavy atom. The number of hydrogen-bond donors (Lipinski definition) is 3. The summed E-state index contributed by atoms with van der Waals surface area (Å²) in [5.41, 5.74) is -1.03. The number of nitrogens with one attached hydrogen (secondary N) is 2. The Hall–Kier alpha value is -5.20. The first-order chi connectivity index (χ1) is 18.8. The summed E-state index contributed by atoms with van der Waals surface area (Å²) in [4.78, 5) is 39.8. The molecule has 3 aromatic rings. The number of carboxylic acid groups (broad SMARTS) is 1. The molecule has 2 amide bonds. The van der Waals surface area contributed by atoms with Crippen LogP contribution < -0.4 is 15.4 Å². The van der Waals surface area contributed by atoms with Gasteiger partial charge in [0.15, 0.2) is 5.82 Å². The zero-order valence-corrected chi connectivity index (χ0v) is 21.5. The lowest BCUT2D eigenvalue weighted by Crippen LogP contribution is -2.42. The second kappa shape index (κ2) is 12.6. The number of alkyl carbamates (subject to hydrolysis) is 1. The van der Waals surface area contributed by atoms with E-state index < -0.39 is 53.5 Å². The van der Waals surface area contributed by atoms with E-state index in [4.69, 9.17) is 19.8 Å². The average Bonchev–Trinajstić information content (AvgIpc) is 3.30. The minimum absolute atomic E-state index is 0.0913. The van der Waals surface area contributed by atoms with Crippen molar-refractivity contribution in [3.8, 4) is 29.1 Å². The van der Waals surface area contributed by atoms with Crippen LogP contribution in [-0.4, -0.2) is 66.5 Å². The highest BCUT2D eigenvalue weighted by atomic mass is 19.1. The molecule has 16 heteroatoms. The van der Waals surface area contributed by atoms with Crippen LogP contribution in [0.5, 0.6) is 11.6 Å². The average molecular weight is 559 g/mol. The number of carbonyl (C=O) groups excluding carboxylic acids is 2. The number of carbonyl (C=O) groups is 3. The molecule has 0 bridgehead atoms. The molecule has 40 heavy (non-hydrogen) atoms. The van der Waals surface area contributed by atoms with Crippen LogP contribution >= 0.6 is 0 Å². The van der Waals surface area contributed by atoms with E-state index in [0.29, 0.717) is 0 Å². The lowest BCUT2D eigenvalue weighted by Gasteiger charge is -2.22. The van der Waals surface area contributed by atoms with E-state index >= 15 is 0 Å². The van der Waals surface area contributed by atoms with Gasteiger partial charge in [-0.05, 0) is 44.2 Å². The molecule has 1 atom stereocenters. The monoisotopic (exact) mass is 558 g/mol. The number of aliphatic carboxylic acids is 1. The summed E-state index contributed by atoms with van der Waals surface area (Å²) in [6, 6.07) is 5.10. The van der Waals surface area contributed by atoms with Crippen LogP contribution in [0, 0.1) is 23.0 Å². The Morgan fingerprint density at radius 2 is 1.95 bits per heavy atom. The van der Waals surface area contributed by atoms with Crippen LogP contribution in [-0.2, 0) is 16.1 Å². The lowest BCUT2D eigenvalue weighted by molar-refractivity contribution is -0.137. The second-order valence-corrected chi connectivity index (χ2v) is 9.20. The molecule has 3 N–H and O–H groups in total. The Morgan fingerprint density at radius 1 is 1.20 bits per heavy atom. The summed E-state index contributed by atoms with van der Waals surface area (Å²) >= 11 is 0. The third-order valence-corrected chi connectivity index (χ3v) is 4.77. The summed E-state index contributed by atoms with van der Waals surface area (Å²) in [7, 11) is 0. The first kappa shape index (κ1) is 29.4. The van der Waals surface area contributed by atoms with Gasteiger partial charge in [0.1, 0.15) is 23.7 Å². The second-order valence-electron chi connectivity index (χ2n) is 9.20. The van der Waals surface area contributed by atoms with Gasteiger partial charge in [-0.15, -0.1) is 10.2 Å². The summed E-state index contributed by atoms with van der Waals surface area (Å²) in [5, 5.41) is 34.0. The van der Waals surface area contributed by atoms with E-state index in [1.807, 2.05) is 0 Å². The van der Waals surface area contributed by atoms with Gasteiger partial charge in [0, 0.05) is 12.3 Å². The highest BCUT2D eigenvalue weighted by Gasteiger charge is 2.23. The topological polar surface area (TPSA) is 194 Å². The van der Waals surface area contributed by atoms with Gasteiger partial charge in [-0.3, -0.25) is 9.59 Å². The number of benzene rings is 1. The number of tetrazole rings is 1. The molecule has 0 aliphatic rings. The predicted octanol–water partition coefficient (Wildman–Crippen LogP) is 2.43. The normalized spacial score (nSPS) is 11.7. The van der Waals surface area contributed by atoms with E-state index in [1.165, 1.54) is 12.1 Å².